The van der Waals surface area contributed by atoms with Gasteiger partial charge in [-0.1, -0.05) is 24.6 Å². The molecule has 1 aliphatic rings. The average Bonchev–Trinajstić information content (AvgIpc) is 2.77. The van der Waals surface area contributed by atoms with Gasteiger partial charge in [-0.05, 0) is 43.7 Å². The van der Waals surface area contributed by atoms with E-state index in [1.54, 1.807) is 12.1 Å². The number of carbonyl (C=O) groups excluding carboxylic acids is 1. The molecular weight excluding hydrogens is 255 g/mol. The lowest BCUT2D eigenvalue weighted by atomic mass is 9.99. The second kappa shape index (κ2) is 6.84. The largest absolute Gasteiger partial charge is 0.353 e. The minimum Gasteiger partial charge on any atom is -0.353 e. The first-order chi connectivity index (χ1) is 9.56. The Morgan fingerprint density at radius 3 is 2.85 bits per heavy atom. The highest BCUT2D eigenvalue weighted by Gasteiger charge is 2.26. The van der Waals surface area contributed by atoms with Crippen LogP contribution in [0.3, 0.4) is 0 Å². The van der Waals surface area contributed by atoms with E-state index in [9.17, 15) is 9.18 Å². The number of benzene rings is 1. The first kappa shape index (κ1) is 15.0. The van der Waals surface area contributed by atoms with E-state index in [2.05, 4.69) is 5.32 Å². The fraction of sp³-hybridized carbons (Fsp3) is 0.562. The van der Waals surface area contributed by atoms with Gasteiger partial charge in [-0.3, -0.25) is 4.79 Å². The minimum absolute atomic E-state index is 0.0242. The molecule has 2 rings (SSSR count). The van der Waals surface area contributed by atoms with Crippen molar-refractivity contribution in [2.45, 2.75) is 51.1 Å². The Hall–Kier alpha value is -1.42. The van der Waals surface area contributed by atoms with Gasteiger partial charge in [0.15, 0.2) is 0 Å². The third-order valence-electron chi connectivity index (χ3n) is 4.06. The van der Waals surface area contributed by atoms with Crippen molar-refractivity contribution in [1.29, 1.82) is 0 Å². The standard InChI is InChI=1S/C16H23FN2O/c1-11(9-12-5-2-3-7-14(12)17)19-16(20)10-13-6-4-8-15(13)18/h2-3,5,7,11,13,15H,4,6,8-10,18H2,1H3,(H,19,20)/t11?,13-,15+/m0/s1. The normalized spacial score (nSPS) is 23.6. The summed E-state index contributed by atoms with van der Waals surface area (Å²) in [6.07, 6.45) is 4.17. The summed E-state index contributed by atoms with van der Waals surface area (Å²) in [5.74, 6) is 0.110. The third-order valence-corrected chi connectivity index (χ3v) is 4.06. The van der Waals surface area contributed by atoms with E-state index in [1.807, 2.05) is 13.0 Å². The van der Waals surface area contributed by atoms with Gasteiger partial charge in [0.25, 0.3) is 0 Å². The van der Waals surface area contributed by atoms with Crippen LogP contribution in [0.5, 0.6) is 0 Å². The Kier molecular flexibility index (Phi) is 5.12. The molecule has 1 amide bonds. The molecule has 0 heterocycles. The fourth-order valence-corrected chi connectivity index (χ4v) is 2.94. The zero-order valence-corrected chi connectivity index (χ0v) is 11.9. The van der Waals surface area contributed by atoms with E-state index in [4.69, 9.17) is 5.73 Å². The first-order valence-electron chi connectivity index (χ1n) is 7.34. The molecule has 1 unspecified atom stereocenters. The molecular formula is C16H23FN2O. The van der Waals surface area contributed by atoms with Gasteiger partial charge in [0.05, 0.1) is 0 Å². The summed E-state index contributed by atoms with van der Waals surface area (Å²) < 4.78 is 13.5. The van der Waals surface area contributed by atoms with Crippen LogP contribution in [0.4, 0.5) is 4.39 Å². The predicted octanol–water partition coefficient (Wildman–Crippen LogP) is 2.39. The van der Waals surface area contributed by atoms with Gasteiger partial charge in [0.1, 0.15) is 5.82 Å². The number of halogens is 1. The van der Waals surface area contributed by atoms with Crippen LogP contribution < -0.4 is 11.1 Å². The van der Waals surface area contributed by atoms with Crippen molar-refractivity contribution in [2.75, 3.05) is 0 Å². The van der Waals surface area contributed by atoms with E-state index in [0.29, 0.717) is 24.3 Å². The maximum Gasteiger partial charge on any atom is 0.220 e. The van der Waals surface area contributed by atoms with Gasteiger partial charge < -0.3 is 11.1 Å². The predicted molar refractivity (Wildman–Crippen MR) is 77.6 cm³/mol. The third kappa shape index (κ3) is 4.04. The van der Waals surface area contributed by atoms with Crippen molar-refractivity contribution in [3.8, 4) is 0 Å². The van der Waals surface area contributed by atoms with Gasteiger partial charge in [-0.2, -0.15) is 0 Å². The highest BCUT2D eigenvalue weighted by atomic mass is 19.1. The molecule has 3 N–H and O–H groups in total. The van der Waals surface area contributed by atoms with Gasteiger partial charge >= 0.3 is 0 Å². The van der Waals surface area contributed by atoms with Gasteiger partial charge in [0, 0.05) is 18.5 Å². The molecule has 0 bridgehead atoms. The number of carbonyl (C=O) groups is 1. The molecule has 1 saturated carbocycles. The maximum atomic E-state index is 13.5. The van der Waals surface area contributed by atoms with E-state index in [0.717, 1.165) is 19.3 Å². The Balaban J connectivity index is 1.80. The van der Waals surface area contributed by atoms with Crippen molar-refractivity contribution in [3.05, 3.63) is 35.6 Å². The van der Waals surface area contributed by atoms with Crippen molar-refractivity contribution in [2.24, 2.45) is 11.7 Å². The number of nitrogens with two attached hydrogens (primary N) is 1. The number of hydrogen-bond donors (Lipinski definition) is 2. The molecule has 3 atom stereocenters. The van der Waals surface area contributed by atoms with Crippen LogP contribution in [0.15, 0.2) is 24.3 Å². The lowest BCUT2D eigenvalue weighted by molar-refractivity contribution is -0.122. The second-order valence-corrected chi connectivity index (χ2v) is 5.82. The van der Waals surface area contributed by atoms with Crippen molar-refractivity contribution in [3.63, 3.8) is 0 Å². The number of rotatable bonds is 5. The summed E-state index contributed by atoms with van der Waals surface area (Å²) in [7, 11) is 0. The van der Waals surface area contributed by atoms with Crippen LogP contribution in [-0.4, -0.2) is 18.0 Å². The second-order valence-electron chi connectivity index (χ2n) is 5.82. The maximum absolute atomic E-state index is 13.5. The quantitative estimate of drug-likeness (QED) is 0.869. The van der Waals surface area contributed by atoms with Gasteiger partial charge in [-0.15, -0.1) is 0 Å². The summed E-state index contributed by atoms with van der Waals surface area (Å²) in [5, 5.41) is 2.94. The van der Waals surface area contributed by atoms with Crippen LogP contribution in [0, 0.1) is 11.7 Å². The Labute approximate surface area is 119 Å². The van der Waals surface area contributed by atoms with E-state index >= 15 is 0 Å². The highest BCUT2D eigenvalue weighted by Crippen LogP contribution is 2.26. The molecule has 0 aromatic heterocycles. The topological polar surface area (TPSA) is 55.1 Å². The van der Waals surface area contributed by atoms with Gasteiger partial charge in [-0.25, -0.2) is 4.39 Å². The summed E-state index contributed by atoms with van der Waals surface area (Å²) in [5.41, 5.74) is 6.61. The van der Waals surface area contributed by atoms with E-state index < -0.39 is 0 Å². The summed E-state index contributed by atoms with van der Waals surface area (Å²) in [6.45, 7) is 1.90. The van der Waals surface area contributed by atoms with Crippen LogP contribution in [0.2, 0.25) is 0 Å². The van der Waals surface area contributed by atoms with Gasteiger partial charge in [0.2, 0.25) is 5.91 Å². The Morgan fingerprint density at radius 2 is 2.20 bits per heavy atom. The molecule has 110 valence electrons. The van der Waals surface area contributed by atoms with Crippen LogP contribution in [-0.2, 0) is 11.2 Å². The Morgan fingerprint density at radius 1 is 1.45 bits per heavy atom. The summed E-state index contributed by atoms with van der Waals surface area (Å²) >= 11 is 0. The molecule has 0 saturated heterocycles. The lowest BCUT2D eigenvalue weighted by Crippen LogP contribution is -2.37. The molecule has 1 fully saturated rings. The number of amides is 1. The van der Waals surface area contributed by atoms with Crippen LogP contribution in [0.1, 0.15) is 38.2 Å². The van der Waals surface area contributed by atoms with Crippen molar-refractivity contribution >= 4 is 5.91 Å². The van der Waals surface area contributed by atoms with Crippen molar-refractivity contribution < 1.29 is 9.18 Å². The lowest BCUT2D eigenvalue weighted by Gasteiger charge is -2.18. The molecule has 4 heteroatoms. The molecule has 0 radical (unpaired) electrons. The summed E-state index contributed by atoms with van der Waals surface area (Å²) in [6, 6.07) is 6.76. The molecule has 1 aromatic rings. The molecule has 0 aliphatic heterocycles. The minimum atomic E-state index is -0.216. The van der Waals surface area contributed by atoms with E-state index in [1.165, 1.54) is 6.07 Å². The highest BCUT2D eigenvalue weighted by molar-refractivity contribution is 5.76. The molecule has 1 aromatic carbocycles. The zero-order chi connectivity index (χ0) is 14.5. The number of hydrogen-bond acceptors (Lipinski definition) is 2. The fourth-order valence-electron chi connectivity index (χ4n) is 2.94. The molecule has 20 heavy (non-hydrogen) atoms. The van der Waals surface area contributed by atoms with Crippen molar-refractivity contribution in [1.82, 2.24) is 5.32 Å². The van der Waals surface area contributed by atoms with Crippen LogP contribution >= 0.6 is 0 Å². The van der Waals surface area contributed by atoms with Crippen LogP contribution in [0.25, 0.3) is 0 Å². The first-order valence-corrected chi connectivity index (χ1v) is 7.34. The zero-order valence-electron chi connectivity index (χ0n) is 11.9. The monoisotopic (exact) mass is 278 g/mol. The molecule has 1 aliphatic carbocycles. The molecule has 3 nitrogen and oxygen atoms in total. The smallest absolute Gasteiger partial charge is 0.220 e. The number of nitrogens with one attached hydrogen (secondary N) is 1. The Bertz CT molecular complexity index is 464. The van der Waals surface area contributed by atoms with E-state index in [-0.39, 0.29) is 23.8 Å². The average molecular weight is 278 g/mol. The molecule has 0 spiro atoms. The summed E-state index contributed by atoms with van der Waals surface area (Å²) in [4.78, 5) is 12.0. The SMILES string of the molecule is CC(Cc1ccccc1F)NC(=O)C[C@@H]1CCC[C@H]1N.